The summed E-state index contributed by atoms with van der Waals surface area (Å²) in [5.41, 5.74) is 1.03. The van der Waals surface area contributed by atoms with Crippen molar-refractivity contribution in [1.82, 2.24) is 0 Å². The van der Waals surface area contributed by atoms with E-state index in [1.54, 1.807) is 23.9 Å². The molecule has 0 aliphatic rings. The number of hydrogen-bond donors (Lipinski definition) is 1. The first-order chi connectivity index (χ1) is 7.63. The molecule has 4 heteroatoms. The Morgan fingerprint density at radius 1 is 1.44 bits per heavy atom. The monoisotopic (exact) mass is 258 g/mol. The van der Waals surface area contributed by atoms with Crippen molar-refractivity contribution in [3.63, 3.8) is 0 Å². The molecule has 2 nitrogen and oxygen atoms in total. The molecule has 1 aromatic carbocycles. The van der Waals surface area contributed by atoms with Crippen LogP contribution in [0.2, 0.25) is 5.02 Å². The number of hydrogen-bond acceptors (Lipinski definition) is 2. The van der Waals surface area contributed by atoms with Crippen molar-refractivity contribution in [2.24, 2.45) is 5.92 Å². The highest BCUT2D eigenvalue weighted by Gasteiger charge is 2.17. The molecule has 0 aliphatic heterocycles. The van der Waals surface area contributed by atoms with E-state index < -0.39 is 5.97 Å². The number of benzene rings is 1. The summed E-state index contributed by atoms with van der Waals surface area (Å²) in [4.78, 5) is 11.0. The van der Waals surface area contributed by atoms with E-state index in [2.05, 4.69) is 0 Å². The third-order valence-electron chi connectivity index (χ3n) is 2.42. The maximum absolute atomic E-state index is 11.0. The number of halogens is 1. The molecule has 0 amide bonds. The highest BCUT2D eigenvalue weighted by Crippen LogP contribution is 2.17. The second-order valence-electron chi connectivity index (χ2n) is 3.65. The van der Waals surface area contributed by atoms with Gasteiger partial charge in [0.25, 0.3) is 0 Å². The quantitative estimate of drug-likeness (QED) is 0.850. The summed E-state index contributed by atoms with van der Waals surface area (Å²) >= 11 is 7.45. The zero-order valence-electron chi connectivity index (χ0n) is 9.15. The molecule has 1 rings (SSSR count). The topological polar surface area (TPSA) is 37.3 Å². The molecule has 0 fully saturated rings. The zero-order chi connectivity index (χ0) is 12.0. The van der Waals surface area contributed by atoms with Crippen LogP contribution in [0.4, 0.5) is 0 Å². The molecular formula is C12H15ClO2S. The van der Waals surface area contributed by atoms with E-state index >= 15 is 0 Å². The lowest BCUT2D eigenvalue weighted by molar-refractivity contribution is -0.141. The number of carbonyl (C=O) groups is 1. The van der Waals surface area contributed by atoms with Crippen LogP contribution >= 0.6 is 23.4 Å². The van der Waals surface area contributed by atoms with Gasteiger partial charge in [0, 0.05) is 5.02 Å². The molecule has 16 heavy (non-hydrogen) atoms. The first-order valence-electron chi connectivity index (χ1n) is 5.09. The molecule has 0 saturated heterocycles. The van der Waals surface area contributed by atoms with Gasteiger partial charge in [0.05, 0.1) is 5.92 Å². The van der Waals surface area contributed by atoms with Crippen LogP contribution in [0.1, 0.15) is 12.0 Å². The van der Waals surface area contributed by atoms with Crippen LogP contribution in [0.25, 0.3) is 0 Å². The average Bonchev–Trinajstić information content (AvgIpc) is 2.26. The van der Waals surface area contributed by atoms with Crippen molar-refractivity contribution >= 4 is 29.3 Å². The van der Waals surface area contributed by atoms with Gasteiger partial charge < -0.3 is 5.11 Å². The summed E-state index contributed by atoms with van der Waals surface area (Å²) in [6, 6.07) is 7.36. The average molecular weight is 259 g/mol. The van der Waals surface area contributed by atoms with Crippen LogP contribution in [0, 0.1) is 5.92 Å². The Bertz CT molecular complexity index is 337. The Kier molecular flexibility index (Phi) is 5.71. The van der Waals surface area contributed by atoms with E-state index in [9.17, 15) is 4.79 Å². The van der Waals surface area contributed by atoms with Crippen molar-refractivity contribution in [1.29, 1.82) is 0 Å². The smallest absolute Gasteiger partial charge is 0.306 e. The van der Waals surface area contributed by atoms with E-state index in [0.29, 0.717) is 17.9 Å². The highest BCUT2D eigenvalue weighted by atomic mass is 35.5. The van der Waals surface area contributed by atoms with Gasteiger partial charge in [-0.2, -0.15) is 11.8 Å². The summed E-state index contributed by atoms with van der Waals surface area (Å²) in [6.07, 6.45) is 3.27. The molecule has 1 aromatic rings. The molecule has 88 valence electrons. The Balaban J connectivity index is 2.60. The van der Waals surface area contributed by atoms with Gasteiger partial charge in [-0.3, -0.25) is 4.79 Å². The third kappa shape index (κ3) is 4.45. The lowest BCUT2D eigenvalue weighted by Gasteiger charge is -2.11. The third-order valence-corrected chi connectivity index (χ3v) is 3.31. The molecule has 0 aliphatic carbocycles. The van der Waals surface area contributed by atoms with Gasteiger partial charge in [-0.15, -0.1) is 0 Å². The van der Waals surface area contributed by atoms with Crippen LogP contribution in [-0.2, 0) is 11.2 Å². The summed E-state index contributed by atoms with van der Waals surface area (Å²) in [5, 5.41) is 9.76. The number of carboxylic acid groups (broad SMARTS) is 1. The Hall–Kier alpha value is -0.670. The van der Waals surface area contributed by atoms with Crippen molar-refractivity contribution in [2.75, 3.05) is 12.0 Å². The van der Waals surface area contributed by atoms with E-state index in [0.717, 1.165) is 11.3 Å². The SMILES string of the molecule is CSCCC(Cc1ccc(Cl)cc1)C(=O)O. The van der Waals surface area contributed by atoms with Crippen LogP contribution in [-0.4, -0.2) is 23.1 Å². The lowest BCUT2D eigenvalue weighted by Crippen LogP contribution is -2.17. The van der Waals surface area contributed by atoms with Crippen molar-refractivity contribution in [3.05, 3.63) is 34.9 Å². The van der Waals surface area contributed by atoms with E-state index in [1.807, 2.05) is 18.4 Å². The van der Waals surface area contributed by atoms with E-state index in [4.69, 9.17) is 16.7 Å². The minimum Gasteiger partial charge on any atom is -0.481 e. The van der Waals surface area contributed by atoms with Gasteiger partial charge >= 0.3 is 5.97 Å². The van der Waals surface area contributed by atoms with Crippen molar-refractivity contribution in [3.8, 4) is 0 Å². The first kappa shape index (κ1) is 13.4. The van der Waals surface area contributed by atoms with E-state index in [1.165, 1.54) is 0 Å². The summed E-state index contributed by atoms with van der Waals surface area (Å²) in [5.74, 6) is -0.137. The van der Waals surface area contributed by atoms with Crippen molar-refractivity contribution < 1.29 is 9.90 Å². The van der Waals surface area contributed by atoms with Crippen LogP contribution < -0.4 is 0 Å². The Labute approximate surface area is 105 Å². The second kappa shape index (κ2) is 6.81. The zero-order valence-corrected chi connectivity index (χ0v) is 10.7. The maximum atomic E-state index is 11.0. The molecule has 0 aromatic heterocycles. The van der Waals surface area contributed by atoms with Gasteiger partial charge in [-0.25, -0.2) is 0 Å². The molecule has 1 N–H and O–H groups in total. The summed E-state index contributed by atoms with van der Waals surface area (Å²) < 4.78 is 0. The van der Waals surface area contributed by atoms with E-state index in [-0.39, 0.29) is 5.92 Å². The second-order valence-corrected chi connectivity index (χ2v) is 5.07. The predicted octanol–water partition coefficient (Wildman–Crippen LogP) is 3.34. The highest BCUT2D eigenvalue weighted by molar-refractivity contribution is 7.98. The number of thioether (sulfide) groups is 1. The fraction of sp³-hybridized carbons (Fsp3) is 0.417. The number of carboxylic acids is 1. The lowest BCUT2D eigenvalue weighted by atomic mass is 9.97. The van der Waals surface area contributed by atoms with Crippen molar-refractivity contribution in [2.45, 2.75) is 12.8 Å². The molecule has 0 spiro atoms. The Morgan fingerprint density at radius 2 is 2.06 bits per heavy atom. The molecule has 1 unspecified atom stereocenters. The van der Waals surface area contributed by atoms with Gasteiger partial charge in [0.1, 0.15) is 0 Å². The van der Waals surface area contributed by atoms with Gasteiger partial charge in [-0.1, -0.05) is 23.7 Å². The number of aliphatic carboxylic acids is 1. The fourth-order valence-corrected chi connectivity index (χ4v) is 2.12. The minimum absolute atomic E-state index is 0.298. The first-order valence-corrected chi connectivity index (χ1v) is 6.87. The molecule has 1 atom stereocenters. The molecule has 0 saturated carbocycles. The summed E-state index contributed by atoms with van der Waals surface area (Å²) in [6.45, 7) is 0. The maximum Gasteiger partial charge on any atom is 0.306 e. The standard InChI is InChI=1S/C12H15ClO2S/c1-16-7-6-10(12(14)15)8-9-2-4-11(13)5-3-9/h2-5,10H,6-8H2,1H3,(H,14,15). The number of rotatable bonds is 6. The summed E-state index contributed by atoms with van der Waals surface area (Å²) in [7, 11) is 0. The molecule has 0 radical (unpaired) electrons. The Morgan fingerprint density at radius 3 is 2.56 bits per heavy atom. The van der Waals surface area contributed by atoms with Gasteiger partial charge in [-0.05, 0) is 42.5 Å². The minimum atomic E-state index is -0.719. The molecule has 0 bridgehead atoms. The predicted molar refractivity (Wildman–Crippen MR) is 69.3 cm³/mol. The van der Waals surface area contributed by atoms with Crippen LogP contribution in [0.15, 0.2) is 24.3 Å². The largest absolute Gasteiger partial charge is 0.481 e. The molecular weight excluding hydrogens is 244 g/mol. The van der Waals surface area contributed by atoms with Crippen LogP contribution in [0.3, 0.4) is 0 Å². The normalized spacial score (nSPS) is 12.4. The van der Waals surface area contributed by atoms with Crippen LogP contribution in [0.5, 0.6) is 0 Å². The van der Waals surface area contributed by atoms with Gasteiger partial charge in [0.15, 0.2) is 0 Å². The fourth-order valence-electron chi connectivity index (χ4n) is 1.48. The van der Waals surface area contributed by atoms with Gasteiger partial charge in [0.2, 0.25) is 0 Å². The molecule has 0 heterocycles.